The van der Waals surface area contributed by atoms with Gasteiger partial charge in [-0.05, 0) is 57.6 Å². The summed E-state index contributed by atoms with van der Waals surface area (Å²) in [5, 5.41) is 3.09. The molecule has 0 radical (unpaired) electrons. The van der Waals surface area contributed by atoms with Crippen LogP contribution in [0, 0.1) is 13.8 Å². The molecule has 4 aromatic carbocycles. The first-order valence-electron chi connectivity index (χ1n) is 11.7. The van der Waals surface area contributed by atoms with Gasteiger partial charge in [0, 0.05) is 0 Å². The Bertz CT molecular complexity index is 1260. The van der Waals surface area contributed by atoms with E-state index < -0.39 is 8.07 Å². The highest BCUT2D eigenvalue weighted by Gasteiger charge is 2.37. The Hall–Kier alpha value is -3.42. The molecule has 0 aromatic heterocycles. The van der Waals surface area contributed by atoms with Crippen LogP contribution < -0.4 is 10.4 Å². The number of benzene rings is 4. The van der Waals surface area contributed by atoms with E-state index in [1.54, 1.807) is 10.4 Å². The summed E-state index contributed by atoms with van der Waals surface area (Å²) in [7, 11) is -1.74. The van der Waals surface area contributed by atoms with Gasteiger partial charge in [-0.3, -0.25) is 0 Å². The zero-order valence-corrected chi connectivity index (χ0v) is 20.9. The topological polar surface area (TPSA) is 0 Å². The van der Waals surface area contributed by atoms with Gasteiger partial charge in [0.25, 0.3) is 0 Å². The van der Waals surface area contributed by atoms with Crippen LogP contribution in [-0.4, -0.2) is 8.07 Å². The Kier molecular flexibility index (Phi) is 5.52. The molecule has 0 saturated heterocycles. The van der Waals surface area contributed by atoms with Crippen LogP contribution in [0.5, 0.6) is 0 Å². The van der Waals surface area contributed by atoms with E-state index in [1.165, 1.54) is 44.5 Å². The standard InChI is InChI=1S/C32H30Si/c1-23-5-9-25(10-6-23)13-15-27-17-19-29-30-20-18-28(16-14-26-11-7-24(2)8-12-26)22-32(30)33(3,4)31(29)21-27/h5-22H,1-4H3. The van der Waals surface area contributed by atoms with Crippen molar-refractivity contribution < 1.29 is 0 Å². The normalized spacial score (nSPS) is 14.1. The molecule has 33 heavy (non-hydrogen) atoms. The van der Waals surface area contributed by atoms with Crippen molar-refractivity contribution in [1.82, 2.24) is 0 Å². The molecule has 0 amide bonds. The van der Waals surface area contributed by atoms with E-state index in [0.29, 0.717) is 0 Å². The third kappa shape index (κ3) is 4.29. The highest BCUT2D eigenvalue weighted by Crippen LogP contribution is 2.30. The molecule has 0 fully saturated rings. The van der Waals surface area contributed by atoms with Crippen LogP contribution in [0.4, 0.5) is 0 Å². The molecule has 1 heterocycles. The fraction of sp³-hybridized carbons (Fsp3) is 0.125. The third-order valence-corrected chi connectivity index (χ3v) is 10.3. The van der Waals surface area contributed by atoms with Crippen LogP contribution >= 0.6 is 0 Å². The molecule has 0 N–H and O–H groups in total. The molecule has 5 rings (SSSR count). The van der Waals surface area contributed by atoms with E-state index in [1.807, 2.05) is 0 Å². The molecule has 1 heteroatoms. The van der Waals surface area contributed by atoms with E-state index in [2.05, 4.69) is 136 Å². The molecular weight excluding hydrogens is 412 g/mol. The Balaban J connectivity index is 1.44. The average Bonchev–Trinajstić information content (AvgIpc) is 3.04. The molecule has 0 spiro atoms. The Morgan fingerprint density at radius 3 is 1.18 bits per heavy atom. The molecule has 1 aliphatic heterocycles. The molecule has 1 aliphatic rings. The first-order chi connectivity index (χ1) is 15.9. The number of hydrogen-bond donors (Lipinski definition) is 0. The van der Waals surface area contributed by atoms with Crippen molar-refractivity contribution in [3.05, 3.63) is 118 Å². The number of aryl methyl sites for hydroxylation is 2. The summed E-state index contributed by atoms with van der Waals surface area (Å²) < 4.78 is 0. The minimum atomic E-state index is -1.74. The Labute approximate surface area is 199 Å². The number of rotatable bonds is 4. The van der Waals surface area contributed by atoms with E-state index >= 15 is 0 Å². The van der Waals surface area contributed by atoms with Crippen molar-refractivity contribution in [2.75, 3.05) is 0 Å². The molecule has 0 atom stereocenters. The largest absolute Gasteiger partial charge is 0.113 e. The molecule has 0 bridgehead atoms. The van der Waals surface area contributed by atoms with Crippen molar-refractivity contribution in [3.8, 4) is 11.1 Å². The Morgan fingerprint density at radius 1 is 0.455 bits per heavy atom. The van der Waals surface area contributed by atoms with Crippen LogP contribution in [0.3, 0.4) is 0 Å². The Morgan fingerprint density at radius 2 is 0.788 bits per heavy atom. The van der Waals surface area contributed by atoms with Gasteiger partial charge in [0.2, 0.25) is 0 Å². The lowest BCUT2D eigenvalue weighted by Gasteiger charge is -2.19. The molecule has 4 aromatic rings. The maximum Gasteiger partial charge on any atom is 0.113 e. The van der Waals surface area contributed by atoms with Crippen molar-refractivity contribution in [3.63, 3.8) is 0 Å². The number of fused-ring (bicyclic) bond motifs is 3. The van der Waals surface area contributed by atoms with Gasteiger partial charge in [0.05, 0.1) is 0 Å². The fourth-order valence-corrected chi connectivity index (χ4v) is 7.85. The zero-order chi connectivity index (χ0) is 23.0. The van der Waals surface area contributed by atoms with E-state index in [9.17, 15) is 0 Å². The van der Waals surface area contributed by atoms with Crippen LogP contribution in [0.2, 0.25) is 13.1 Å². The molecule has 0 unspecified atom stereocenters. The summed E-state index contributed by atoms with van der Waals surface area (Å²) >= 11 is 0. The smallest absolute Gasteiger partial charge is 0.0616 e. The molecular formula is C32H30Si. The number of hydrogen-bond acceptors (Lipinski definition) is 0. The summed E-state index contributed by atoms with van der Waals surface area (Å²) in [6.45, 7) is 9.22. The lowest BCUT2D eigenvalue weighted by molar-refractivity contribution is 1.46. The van der Waals surface area contributed by atoms with Crippen molar-refractivity contribution in [1.29, 1.82) is 0 Å². The SMILES string of the molecule is Cc1ccc(C=Cc2ccc3c(c2)[Si](C)(C)c2cc(C=Cc4ccc(C)cc4)ccc2-3)cc1. The monoisotopic (exact) mass is 442 g/mol. The quantitative estimate of drug-likeness (QED) is 0.227. The summed E-state index contributed by atoms with van der Waals surface area (Å²) in [6.07, 6.45) is 8.92. The first-order valence-corrected chi connectivity index (χ1v) is 14.7. The predicted octanol–water partition coefficient (Wildman–Crippen LogP) is 7.45. The van der Waals surface area contributed by atoms with E-state index in [4.69, 9.17) is 0 Å². The van der Waals surface area contributed by atoms with Gasteiger partial charge in [0.1, 0.15) is 8.07 Å². The highest BCUT2D eigenvalue weighted by atomic mass is 28.3. The molecule has 0 nitrogen and oxygen atoms in total. The minimum Gasteiger partial charge on any atom is -0.0616 e. The van der Waals surface area contributed by atoms with Crippen molar-refractivity contribution in [2.45, 2.75) is 26.9 Å². The molecule has 0 aliphatic carbocycles. The molecule has 0 saturated carbocycles. The second kappa shape index (κ2) is 8.50. The molecule has 162 valence electrons. The van der Waals surface area contributed by atoms with Crippen molar-refractivity contribution in [2.24, 2.45) is 0 Å². The van der Waals surface area contributed by atoms with Crippen LogP contribution in [-0.2, 0) is 0 Å². The van der Waals surface area contributed by atoms with Gasteiger partial charge >= 0.3 is 0 Å². The second-order valence-corrected chi connectivity index (χ2v) is 14.1. The summed E-state index contributed by atoms with van der Waals surface area (Å²) in [5.41, 5.74) is 10.5. The van der Waals surface area contributed by atoms with Gasteiger partial charge in [0.15, 0.2) is 0 Å². The fourth-order valence-electron chi connectivity index (χ4n) is 4.72. The lowest BCUT2D eigenvalue weighted by atomic mass is 10.0. The lowest BCUT2D eigenvalue weighted by Crippen LogP contribution is -2.49. The van der Waals surface area contributed by atoms with E-state index in [-0.39, 0.29) is 0 Å². The van der Waals surface area contributed by atoms with Gasteiger partial charge in [-0.25, -0.2) is 0 Å². The van der Waals surface area contributed by atoms with Crippen LogP contribution in [0.1, 0.15) is 33.4 Å². The maximum atomic E-state index is 2.48. The van der Waals surface area contributed by atoms with Gasteiger partial charge in [-0.15, -0.1) is 0 Å². The first kappa shape index (κ1) is 21.4. The summed E-state index contributed by atoms with van der Waals surface area (Å²) in [4.78, 5) is 0. The summed E-state index contributed by atoms with van der Waals surface area (Å²) in [6, 6.07) is 31.4. The predicted molar refractivity (Wildman–Crippen MR) is 149 cm³/mol. The van der Waals surface area contributed by atoms with Gasteiger partial charge < -0.3 is 0 Å². The van der Waals surface area contributed by atoms with E-state index in [0.717, 1.165) is 0 Å². The highest BCUT2D eigenvalue weighted by molar-refractivity contribution is 7.03. The van der Waals surface area contributed by atoms with Gasteiger partial charge in [-0.1, -0.05) is 133 Å². The summed E-state index contributed by atoms with van der Waals surface area (Å²) in [5.74, 6) is 0. The van der Waals surface area contributed by atoms with Gasteiger partial charge in [-0.2, -0.15) is 0 Å². The van der Waals surface area contributed by atoms with Crippen LogP contribution in [0.15, 0.2) is 84.9 Å². The second-order valence-electron chi connectivity index (χ2n) is 9.72. The van der Waals surface area contributed by atoms with Crippen molar-refractivity contribution >= 4 is 42.8 Å². The third-order valence-electron chi connectivity index (χ3n) is 6.82. The maximum absolute atomic E-state index is 2.48. The minimum absolute atomic E-state index is 1.24. The average molecular weight is 443 g/mol. The zero-order valence-electron chi connectivity index (χ0n) is 19.9. The van der Waals surface area contributed by atoms with Crippen LogP contribution in [0.25, 0.3) is 35.4 Å².